The SMILES string of the molecule is O=c1[nH]cc(C(F)(F)F)c(Oc2ccc(Cl)cc2Cl)c1[N+](=O)[O-]. The molecule has 0 radical (unpaired) electrons. The van der Waals surface area contributed by atoms with Crippen molar-refractivity contribution in [3.05, 3.63) is 60.5 Å². The minimum atomic E-state index is -5.00. The van der Waals surface area contributed by atoms with Gasteiger partial charge in [-0.3, -0.25) is 14.9 Å². The molecule has 6 nitrogen and oxygen atoms in total. The van der Waals surface area contributed by atoms with E-state index in [1.165, 1.54) is 12.1 Å². The summed E-state index contributed by atoms with van der Waals surface area (Å²) in [5.41, 5.74) is -4.25. The van der Waals surface area contributed by atoms with Gasteiger partial charge in [0, 0.05) is 11.2 Å². The number of alkyl halides is 3. The van der Waals surface area contributed by atoms with E-state index in [-0.39, 0.29) is 22.0 Å². The third kappa shape index (κ3) is 3.57. The molecule has 1 heterocycles. The number of aromatic amines is 1. The molecule has 0 aliphatic rings. The van der Waals surface area contributed by atoms with Gasteiger partial charge in [-0.1, -0.05) is 23.2 Å². The number of benzene rings is 1. The monoisotopic (exact) mass is 368 g/mol. The summed E-state index contributed by atoms with van der Waals surface area (Å²) in [5.74, 6) is -1.58. The van der Waals surface area contributed by atoms with Crippen LogP contribution in [0, 0.1) is 10.1 Å². The number of nitrogens with zero attached hydrogens (tertiary/aromatic N) is 1. The van der Waals surface area contributed by atoms with Crippen molar-refractivity contribution in [1.29, 1.82) is 0 Å². The molecule has 2 aromatic rings. The average molecular weight is 369 g/mol. The number of hydrogen-bond acceptors (Lipinski definition) is 4. The molecule has 1 N–H and O–H groups in total. The van der Waals surface area contributed by atoms with Gasteiger partial charge in [-0.15, -0.1) is 0 Å². The molecule has 0 bridgehead atoms. The Bertz CT molecular complexity index is 836. The van der Waals surface area contributed by atoms with Crippen LogP contribution < -0.4 is 10.3 Å². The Labute approximate surface area is 135 Å². The summed E-state index contributed by atoms with van der Waals surface area (Å²) in [5, 5.41) is 10.9. The first kappa shape index (κ1) is 17.1. The molecular formula is C12H5Cl2F3N2O4. The second kappa shape index (κ2) is 6.09. The molecule has 1 aromatic heterocycles. The number of hydrogen-bond donors (Lipinski definition) is 1. The fraction of sp³-hybridized carbons (Fsp3) is 0.0833. The molecule has 0 atom stereocenters. The number of halogens is 5. The van der Waals surface area contributed by atoms with Crippen LogP contribution in [0.5, 0.6) is 11.5 Å². The molecular weight excluding hydrogens is 364 g/mol. The van der Waals surface area contributed by atoms with Crippen molar-refractivity contribution >= 4 is 28.9 Å². The highest BCUT2D eigenvalue weighted by Crippen LogP contribution is 2.42. The van der Waals surface area contributed by atoms with E-state index in [4.69, 9.17) is 27.9 Å². The number of aromatic nitrogens is 1. The Hall–Kier alpha value is -2.26. The van der Waals surface area contributed by atoms with Crippen LogP contribution in [-0.4, -0.2) is 9.91 Å². The molecule has 1 aromatic carbocycles. The summed E-state index contributed by atoms with van der Waals surface area (Å²) in [6, 6.07) is 3.55. The van der Waals surface area contributed by atoms with Crippen molar-refractivity contribution < 1.29 is 22.8 Å². The molecule has 0 unspecified atom stereocenters. The van der Waals surface area contributed by atoms with E-state index in [0.29, 0.717) is 0 Å². The maximum Gasteiger partial charge on any atom is 0.421 e. The van der Waals surface area contributed by atoms with Crippen LogP contribution in [0.3, 0.4) is 0 Å². The Morgan fingerprint density at radius 3 is 2.43 bits per heavy atom. The fourth-order valence-electron chi connectivity index (χ4n) is 1.65. The van der Waals surface area contributed by atoms with E-state index >= 15 is 0 Å². The number of H-pyrrole nitrogens is 1. The number of ether oxygens (including phenoxy) is 1. The van der Waals surface area contributed by atoms with Crippen LogP contribution in [0.2, 0.25) is 10.0 Å². The van der Waals surface area contributed by atoms with Gasteiger partial charge >= 0.3 is 17.4 Å². The van der Waals surface area contributed by atoms with Crippen molar-refractivity contribution in [2.75, 3.05) is 0 Å². The third-order valence-corrected chi connectivity index (χ3v) is 3.15. The van der Waals surface area contributed by atoms with Gasteiger partial charge in [0.05, 0.1) is 9.95 Å². The smallest absolute Gasteiger partial charge is 0.421 e. The van der Waals surface area contributed by atoms with Gasteiger partial charge in [-0.05, 0) is 18.2 Å². The molecule has 0 amide bonds. The molecule has 0 aliphatic heterocycles. The quantitative estimate of drug-likeness (QED) is 0.642. The number of nitro groups is 1. The van der Waals surface area contributed by atoms with Crippen molar-refractivity contribution in [3.8, 4) is 11.5 Å². The second-order valence-corrected chi connectivity index (χ2v) is 4.98. The Morgan fingerprint density at radius 1 is 1.26 bits per heavy atom. The highest BCUT2D eigenvalue weighted by Gasteiger charge is 2.40. The number of nitrogens with one attached hydrogen (secondary N) is 1. The van der Waals surface area contributed by atoms with E-state index in [1.807, 2.05) is 0 Å². The first-order valence-electron chi connectivity index (χ1n) is 5.71. The van der Waals surface area contributed by atoms with Gasteiger partial charge in [0.25, 0.3) is 0 Å². The van der Waals surface area contributed by atoms with E-state index in [1.54, 1.807) is 4.98 Å². The molecule has 23 heavy (non-hydrogen) atoms. The highest BCUT2D eigenvalue weighted by atomic mass is 35.5. The van der Waals surface area contributed by atoms with Crippen LogP contribution in [-0.2, 0) is 6.18 Å². The molecule has 0 aliphatic carbocycles. The zero-order chi connectivity index (χ0) is 17.4. The first-order valence-corrected chi connectivity index (χ1v) is 6.47. The topological polar surface area (TPSA) is 85.2 Å². The summed E-state index contributed by atoms with van der Waals surface area (Å²) in [4.78, 5) is 22.8. The standard InChI is InChI=1S/C12H5Cl2F3N2O4/c13-5-1-2-8(7(14)3-5)23-10-6(12(15,16)17)4-18-11(20)9(10)19(21)22/h1-4H,(H,18,20). The normalized spacial score (nSPS) is 11.3. The predicted octanol–water partition coefficient (Wildman–Crippen LogP) is 4.40. The van der Waals surface area contributed by atoms with Crippen molar-refractivity contribution in [3.63, 3.8) is 0 Å². The zero-order valence-corrected chi connectivity index (χ0v) is 12.3. The van der Waals surface area contributed by atoms with Gasteiger partial charge in [-0.25, -0.2) is 0 Å². The predicted molar refractivity (Wildman–Crippen MR) is 75.3 cm³/mol. The Kier molecular flexibility index (Phi) is 4.53. The van der Waals surface area contributed by atoms with Gasteiger partial charge in [-0.2, -0.15) is 13.2 Å². The van der Waals surface area contributed by atoms with Gasteiger partial charge in [0.2, 0.25) is 5.75 Å². The van der Waals surface area contributed by atoms with Crippen LogP contribution in [0.15, 0.2) is 29.2 Å². The molecule has 2 rings (SSSR count). The Morgan fingerprint density at radius 2 is 1.91 bits per heavy atom. The van der Waals surface area contributed by atoms with E-state index in [2.05, 4.69) is 0 Å². The minimum Gasteiger partial charge on any atom is -0.448 e. The summed E-state index contributed by atoms with van der Waals surface area (Å²) in [7, 11) is 0. The van der Waals surface area contributed by atoms with Gasteiger partial charge in [0.1, 0.15) is 11.3 Å². The lowest BCUT2D eigenvalue weighted by Gasteiger charge is -2.13. The molecule has 0 fully saturated rings. The largest absolute Gasteiger partial charge is 0.448 e. The van der Waals surface area contributed by atoms with Crippen LogP contribution in [0.25, 0.3) is 0 Å². The second-order valence-electron chi connectivity index (χ2n) is 4.14. The molecule has 122 valence electrons. The summed E-state index contributed by atoms with van der Waals surface area (Å²) >= 11 is 11.4. The lowest BCUT2D eigenvalue weighted by atomic mass is 10.2. The lowest BCUT2D eigenvalue weighted by molar-refractivity contribution is -0.387. The van der Waals surface area contributed by atoms with Gasteiger partial charge in [0.15, 0.2) is 0 Å². The third-order valence-electron chi connectivity index (χ3n) is 2.62. The number of pyridine rings is 1. The summed E-state index contributed by atoms with van der Waals surface area (Å²) < 4.78 is 44.0. The van der Waals surface area contributed by atoms with Crippen LogP contribution in [0.4, 0.5) is 18.9 Å². The van der Waals surface area contributed by atoms with Crippen LogP contribution in [0.1, 0.15) is 5.56 Å². The van der Waals surface area contributed by atoms with Crippen molar-refractivity contribution in [1.82, 2.24) is 4.98 Å². The van der Waals surface area contributed by atoms with Gasteiger partial charge < -0.3 is 9.72 Å². The maximum absolute atomic E-state index is 13.0. The average Bonchev–Trinajstić information content (AvgIpc) is 2.40. The lowest BCUT2D eigenvalue weighted by Crippen LogP contribution is -2.18. The summed E-state index contributed by atoms with van der Waals surface area (Å²) in [6.45, 7) is 0. The number of rotatable bonds is 3. The summed E-state index contributed by atoms with van der Waals surface area (Å²) in [6.07, 6.45) is -4.71. The molecule has 0 saturated heterocycles. The maximum atomic E-state index is 13.0. The minimum absolute atomic E-state index is 0.179. The first-order chi connectivity index (χ1) is 10.6. The zero-order valence-electron chi connectivity index (χ0n) is 10.8. The fourth-order valence-corrected chi connectivity index (χ4v) is 2.10. The van der Waals surface area contributed by atoms with Crippen LogP contribution >= 0.6 is 23.2 Å². The molecule has 11 heteroatoms. The molecule has 0 spiro atoms. The highest BCUT2D eigenvalue weighted by molar-refractivity contribution is 6.35. The Balaban J connectivity index is 2.70. The molecule has 0 saturated carbocycles. The van der Waals surface area contributed by atoms with E-state index < -0.39 is 33.7 Å². The van der Waals surface area contributed by atoms with E-state index in [0.717, 1.165) is 6.07 Å². The van der Waals surface area contributed by atoms with Crippen molar-refractivity contribution in [2.45, 2.75) is 6.18 Å². The van der Waals surface area contributed by atoms with E-state index in [9.17, 15) is 28.1 Å². The van der Waals surface area contributed by atoms with Crippen molar-refractivity contribution in [2.24, 2.45) is 0 Å².